The Hall–Kier alpha value is -2.99. The molecule has 1 aromatic heterocycles. The van der Waals surface area contributed by atoms with Crippen molar-refractivity contribution in [2.24, 2.45) is 0 Å². The molecule has 1 heterocycles. The first-order valence-corrected chi connectivity index (χ1v) is 7.52. The molecule has 2 N–H and O–H groups in total. The zero-order valence-electron chi connectivity index (χ0n) is 12.7. The minimum Gasteiger partial charge on any atom is -0.326 e. The summed E-state index contributed by atoms with van der Waals surface area (Å²) in [6, 6.07) is 13.7. The molecule has 0 aliphatic heterocycles. The molecule has 0 atom stereocenters. The summed E-state index contributed by atoms with van der Waals surface area (Å²) in [6.07, 6.45) is 0. The molecular weight excluding hydrogens is 328 g/mol. The highest BCUT2D eigenvalue weighted by molar-refractivity contribution is 6.30. The third-order valence-corrected chi connectivity index (χ3v) is 3.62. The summed E-state index contributed by atoms with van der Waals surface area (Å²) in [4.78, 5) is 24.2. The minimum atomic E-state index is -0.335. The maximum atomic E-state index is 12.9. The SMILES string of the molecule is CC(=O)Nc1ccccc1C(=O)c1n[nH]nc1-c1ccc(Cl)cc1. The first-order valence-electron chi connectivity index (χ1n) is 7.14. The van der Waals surface area contributed by atoms with E-state index in [2.05, 4.69) is 20.7 Å². The van der Waals surface area contributed by atoms with Crippen LogP contribution in [0.15, 0.2) is 48.5 Å². The second-order valence-corrected chi connectivity index (χ2v) is 5.52. The number of para-hydroxylation sites is 1. The summed E-state index contributed by atoms with van der Waals surface area (Å²) < 4.78 is 0. The lowest BCUT2D eigenvalue weighted by Gasteiger charge is -2.08. The number of anilines is 1. The molecule has 0 unspecified atom stereocenters. The number of benzene rings is 2. The minimum absolute atomic E-state index is 0.176. The van der Waals surface area contributed by atoms with Gasteiger partial charge in [-0.1, -0.05) is 35.9 Å². The van der Waals surface area contributed by atoms with E-state index in [-0.39, 0.29) is 17.4 Å². The number of carbonyl (C=O) groups is 2. The van der Waals surface area contributed by atoms with Gasteiger partial charge in [0.2, 0.25) is 11.7 Å². The highest BCUT2D eigenvalue weighted by Gasteiger charge is 2.22. The Morgan fingerprint density at radius 1 is 1.04 bits per heavy atom. The number of halogens is 1. The van der Waals surface area contributed by atoms with E-state index in [9.17, 15) is 9.59 Å². The maximum absolute atomic E-state index is 12.9. The summed E-state index contributed by atoms with van der Waals surface area (Å²) >= 11 is 5.89. The van der Waals surface area contributed by atoms with Crippen LogP contribution in [0, 0.1) is 0 Å². The third kappa shape index (κ3) is 3.18. The topological polar surface area (TPSA) is 87.7 Å². The van der Waals surface area contributed by atoms with Crippen LogP contribution in [0.25, 0.3) is 11.3 Å². The van der Waals surface area contributed by atoms with Gasteiger partial charge < -0.3 is 5.32 Å². The molecule has 0 bridgehead atoms. The smallest absolute Gasteiger partial charge is 0.221 e. The summed E-state index contributed by atoms with van der Waals surface area (Å²) in [5.74, 6) is -0.591. The predicted molar refractivity (Wildman–Crippen MR) is 91.0 cm³/mol. The lowest BCUT2D eigenvalue weighted by Crippen LogP contribution is -2.12. The van der Waals surface area contributed by atoms with Gasteiger partial charge in [0, 0.05) is 23.1 Å². The van der Waals surface area contributed by atoms with Crippen LogP contribution in [0.3, 0.4) is 0 Å². The largest absolute Gasteiger partial charge is 0.326 e. The Morgan fingerprint density at radius 2 is 1.75 bits per heavy atom. The van der Waals surface area contributed by atoms with Gasteiger partial charge in [-0.15, -0.1) is 0 Å². The number of aromatic amines is 1. The molecule has 0 aliphatic rings. The van der Waals surface area contributed by atoms with E-state index in [1.54, 1.807) is 48.5 Å². The van der Waals surface area contributed by atoms with Gasteiger partial charge >= 0.3 is 0 Å². The molecule has 24 heavy (non-hydrogen) atoms. The van der Waals surface area contributed by atoms with Crippen molar-refractivity contribution in [3.05, 3.63) is 64.8 Å². The van der Waals surface area contributed by atoms with Crippen molar-refractivity contribution >= 4 is 29.0 Å². The molecule has 3 aromatic rings. The van der Waals surface area contributed by atoms with Crippen LogP contribution in [0.1, 0.15) is 23.0 Å². The molecule has 120 valence electrons. The van der Waals surface area contributed by atoms with E-state index in [1.165, 1.54) is 6.92 Å². The number of ketones is 1. The zero-order chi connectivity index (χ0) is 17.1. The molecule has 0 saturated heterocycles. The summed E-state index contributed by atoms with van der Waals surface area (Å²) in [6.45, 7) is 1.39. The average molecular weight is 341 g/mol. The summed E-state index contributed by atoms with van der Waals surface area (Å²) in [7, 11) is 0. The van der Waals surface area contributed by atoms with Gasteiger partial charge in [-0.2, -0.15) is 15.4 Å². The van der Waals surface area contributed by atoms with Crippen molar-refractivity contribution in [2.75, 3.05) is 5.32 Å². The van der Waals surface area contributed by atoms with E-state index in [1.807, 2.05) is 0 Å². The maximum Gasteiger partial charge on any atom is 0.221 e. The van der Waals surface area contributed by atoms with Crippen molar-refractivity contribution < 1.29 is 9.59 Å². The molecule has 0 saturated carbocycles. The summed E-state index contributed by atoms with van der Waals surface area (Å²) in [5.41, 5.74) is 2.09. The van der Waals surface area contributed by atoms with Crippen LogP contribution >= 0.6 is 11.6 Å². The second-order valence-electron chi connectivity index (χ2n) is 5.08. The van der Waals surface area contributed by atoms with Crippen LogP contribution in [-0.4, -0.2) is 27.1 Å². The fourth-order valence-electron chi connectivity index (χ4n) is 2.31. The quantitative estimate of drug-likeness (QED) is 0.713. The number of aromatic nitrogens is 3. The van der Waals surface area contributed by atoms with Gasteiger partial charge in [0.05, 0.1) is 5.69 Å². The monoisotopic (exact) mass is 340 g/mol. The predicted octanol–water partition coefficient (Wildman–Crippen LogP) is 3.31. The zero-order valence-corrected chi connectivity index (χ0v) is 13.5. The number of rotatable bonds is 4. The number of nitrogens with zero attached hydrogens (tertiary/aromatic N) is 2. The van der Waals surface area contributed by atoms with E-state index >= 15 is 0 Å². The Morgan fingerprint density at radius 3 is 2.46 bits per heavy atom. The lowest BCUT2D eigenvalue weighted by molar-refractivity contribution is -0.114. The van der Waals surface area contributed by atoms with Crippen molar-refractivity contribution in [1.29, 1.82) is 0 Å². The Labute approximate surface area is 142 Å². The van der Waals surface area contributed by atoms with Crippen LogP contribution in [0.4, 0.5) is 5.69 Å². The molecule has 0 aliphatic carbocycles. The van der Waals surface area contributed by atoms with Crippen LogP contribution in [0.2, 0.25) is 5.02 Å². The summed E-state index contributed by atoms with van der Waals surface area (Å²) in [5, 5.41) is 13.8. The van der Waals surface area contributed by atoms with Crippen LogP contribution in [0.5, 0.6) is 0 Å². The fourth-order valence-corrected chi connectivity index (χ4v) is 2.43. The van der Waals surface area contributed by atoms with Crippen molar-refractivity contribution in [3.8, 4) is 11.3 Å². The van der Waals surface area contributed by atoms with Gasteiger partial charge in [0.25, 0.3) is 0 Å². The van der Waals surface area contributed by atoms with Crippen LogP contribution in [-0.2, 0) is 4.79 Å². The normalized spacial score (nSPS) is 10.4. The van der Waals surface area contributed by atoms with E-state index in [0.29, 0.717) is 27.5 Å². The molecule has 0 fully saturated rings. The second kappa shape index (κ2) is 6.64. The van der Waals surface area contributed by atoms with E-state index in [4.69, 9.17) is 11.6 Å². The molecular formula is C17H13ClN4O2. The first kappa shape index (κ1) is 15.9. The van der Waals surface area contributed by atoms with Crippen molar-refractivity contribution in [3.63, 3.8) is 0 Å². The molecule has 7 heteroatoms. The van der Waals surface area contributed by atoms with E-state index < -0.39 is 0 Å². The Kier molecular flexibility index (Phi) is 4.39. The molecule has 0 radical (unpaired) electrons. The first-order chi connectivity index (χ1) is 11.6. The van der Waals surface area contributed by atoms with Crippen LogP contribution < -0.4 is 5.32 Å². The van der Waals surface area contributed by atoms with Gasteiger partial charge in [0.1, 0.15) is 5.69 Å². The lowest BCUT2D eigenvalue weighted by atomic mass is 10.0. The standard InChI is InChI=1S/C17H13ClN4O2/c1-10(23)19-14-5-3-2-4-13(14)17(24)16-15(20-22-21-16)11-6-8-12(18)9-7-11/h2-9H,1H3,(H,19,23)(H,20,21,22). The molecule has 6 nitrogen and oxygen atoms in total. The van der Waals surface area contributed by atoms with Gasteiger partial charge in [-0.25, -0.2) is 0 Å². The van der Waals surface area contributed by atoms with Gasteiger partial charge in [-0.3, -0.25) is 9.59 Å². The van der Waals surface area contributed by atoms with Crippen molar-refractivity contribution in [2.45, 2.75) is 6.92 Å². The molecule has 2 aromatic carbocycles. The fraction of sp³-hybridized carbons (Fsp3) is 0.0588. The Bertz CT molecular complexity index is 903. The number of hydrogen-bond donors (Lipinski definition) is 2. The number of H-pyrrole nitrogens is 1. The molecule has 3 rings (SSSR count). The number of hydrogen-bond acceptors (Lipinski definition) is 4. The number of carbonyl (C=O) groups excluding carboxylic acids is 2. The van der Waals surface area contributed by atoms with E-state index in [0.717, 1.165) is 0 Å². The van der Waals surface area contributed by atoms with Gasteiger partial charge in [0.15, 0.2) is 5.69 Å². The molecule has 0 spiro atoms. The highest BCUT2D eigenvalue weighted by Crippen LogP contribution is 2.25. The van der Waals surface area contributed by atoms with Gasteiger partial charge in [-0.05, 0) is 24.3 Å². The number of nitrogens with one attached hydrogen (secondary N) is 2. The molecule has 1 amide bonds. The number of amides is 1. The Balaban J connectivity index is 2.02. The third-order valence-electron chi connectivity index (χ3n) is 3.36. The van der Waals surface area contributed by atoms with Crippen molar-refractivity contribution in [1.82, 2.24) is 15.4 Å². The highest BCUT2D eigenvalue weighted by atomic mass is 35.5. The average Bonchev–Trinajstić information content (AvgIpc) is 3.04.